The van der Waals surface area contributed by atoms with Gasteiger partial charge in [-0.05, 0) is 53.8 Å². The molecule has 0 spiro atoms. The monoisotopic (exact) mass is 528 g/mol. The lowest BCUT2D eigenvalue weighted by Crippen LogP contribution is -2.56. The number of para-hydroxylation sites is 1. The van der Waals surface area contributed by atoms with Gasteiger partial charge in [-0.25, -0.2) is 0 Å². The molecule has 3 atom stereocenters. The minimum absolute atomic E-state index is 0.169. The van der Waals surface area contributed by atoms with Crippen LogP contribution in [-0.2, 0) is 22.6 Å². The SMILES string of the molecule is CSCCC(NC(=O)C1Cc2c([nH]c3ccccc23)C2c3ccccc3C(=O)N12)C(=O)NCc1ccco1. The summed E-state index contributed by atoms with van der Waals surface area (Å²) in [5.41, 5.74) is 4.46. The van der Waals surface area contributed by atoms with Crippen molar-refractivity contribution in [3.05, 3.63) is 95.1 Å². The van der Waals surface area contributed by atoms with Crippen LogP contribution >= 0.6 is 11.8 Å². The number of benzene rings is 2. The Morgan fingerprint density at radius 2 is 1.95 bits per heavy atom. The highest BCUT2D eigenvalue weighted by atomic mass is 32.2. The first-order chi connectivity index (χ1) is 18.6. The van der Waals surface area contributed by atoms with E-state index in [4.69, 9.17) is 4.42 Å². The Hall–Kier alpha value is -3.98. The molecule has 4 aromatic rings. The first-order valence-corrected chi connectivity index (χ1v) is 14.1. The lowest BCUT2D eigenvalue weighted by atomic mass is 9.89. The second-order valence-corrected chi connectivity index (χ2v) is 10.6. The number of hydrogen-bond acceptors (Lipinski definition) is 5. The molecule has 0 saturated carbocycles. The number of nitrogens with one attached hydrogen (secondary N) is 3. The number of carbonyl (C=O) groups excluding carboxylic acids is 3. The van der Waals surface area contributed by atoms with Crippen molar-refractivity contribution in [3.63, 3.8) is 0 Å². The molecule has 2 aromatic heterocycles. The van der Waals surface area contributed by atoms with Gasteiger partial charge in [-0.15, -0.1) is 0 Å². The lowest BCUT2D eigenvalue weighted by molar-refractivity contribution is -0.132. The van der Waals surface area contributed by atoms with Crippen molar-refractivity contribution in [2.24, 2.45) is 0 Å². The average molecular weight is 529 g/mol. The van der Waals surface area contributed by atoms with Crippen LogP contribution in [0.2, 0.25) is 0 Å². The molecule has 38 heavy (non-hydrogen) atoms. The van der Waals surface area contributed by atoms with Crippen molar-refractivity contribution < 1.29 is 18.8 Å². The lowest BCUT2D eigenvalue weighted by Gasteiger charge is -2.37. The quantitative estimate of drug-likeness (QED) is 0.323. The van der Waals surface area contributed by atoms with Crippen LogP contribution in [0, 0.1) is 0 Å². The highest BCUT2D eigenvalue weighted by molar-refractivity contribution is 7.98. The number of carbonyl (C=O) groups is 3. The van der Waals surface area contributed by atoms with Crippen LogP contribution in [0.5, 0.6) is 0 Å². The maximum atomic E-state index is 13.9. The Labute approximate surface area is 224 Å². The number of amides is 3. The second-order valence-electron chi connectivity index (χ2n) is 9.62. The summed E-state index contributed by atoms with van der Waals surface area (Å²) in [5, 5.41) is 6.90. The van der Waals surface area contributed by atoms with Gasteiger partial charge < -0.3 is 24.9 Å². The molecule has 3 N–H and O–H groups in total. The fourth-order valence-electron chi connectivity index (χ4n) is 5.62. The molecule has 8 nitrogen and oxygen atoms in total. The van der Waals surface area contributed by atoms with Gasteiger partial charge in [0.15, 0.2) is 0 Å². The van der Waals surface area contributed by atoms with E-state index < -0.39 is 12.1 Å². The Morgan fingerprint density at radius 3 is 2.76 bits per heavy atom. The van der Waals surface area contributed by atoms with Crippen molar-refractivity contribution in [2.45, 2.75) is 37.5 Å². The molecule has 2 aliphatic heterocycles. The van der Waals surface area contributed by atoms with E-state index in [1.807, 2.05) is 54.8 Å². The Balaban J connectivity index is 1.32. The Morgan fingerprint density at radius 1 is 1.13 bits per heavy atom. The van der Waals surface area contributed by atoms with Crippen molar-refractivity contribution >= 4 is 40.4 Å². The van der Waals surface area contributed by atoms with Gasteiger partial charge in [0.2, 0.25) is 11.8 Å². The summed E-state index contributed by atoms with van der Waals surface area (Å²) < 4.78 is 5.32. The van der Waals surface area contributed by atoms with Gasteiger partial charge in [0.1, 0.15) is 17.8 Å². The van der Waals surface area contributed by atoms with Gasteiger partial charge in [-0.3, -0.25) is 14.4 Å². The zero-order valence-corrected chi connectivity index (χ0v) is 21.7. The second kappa shape index (κ2) is 10.1. The molecule has 3 amide bonds. The van der Waals surface area contributed by atoms with Crippen LogP contribution in [0.25, 0.3) is 10.9 Å². The summed E-state index contributed by atoms with van der Waals surface area (Å²) in [4.78, 5) is 45.8. The Bertz CT molecular complexity index is 1510. The average Bonchev–Trinajstić information content (AvgIpc) is 3.66. The number of fused-ring (bicyclic) bond motifs is 7. The molecular formula is C29H28N4O4S. The summed E-state index contributed by atoms with van der Waals surface area (Å²) in [6.07, 6.45) is 4.35. The van der Waals surface area contributed by atoms with E-state index in [2.05, 4.69) is 15.6 Å². The molecule has 9 heteroatoms. The van der Waals surface area contributed by atoms with Gasteiger partial charge in [0, 0.05) is 28.6 Å². The van der Waals surface area contributed by atoms with Crippen LogP contribution in [0.4, 0.5) is 0 Å². The van der Waals surface area contributed by atoms with Crippen molar-refractivity contribution in [3.8, 4) is 0 Å². The molecule has 0 fully saturated rings. The normalized spacial score (nSPS) is 18.6. The first-order valence-electron chi connectivity index (χ1n) is 12.7. The molecule has 4 heterocycles. The molecule has 0 bridgehead atoms. The molecule has 6 rings (SSSR count). The minimum atomic E-state index is -0.749. The summed E-state index contributed by atoms with van der Waals surface area (Å²) >= 11 is 1.61. The number of aromatic nitrogens is 1. The van der Waals surface area contributed by atoms with Crippen molar-refractivity contribution in [1.82, 2.24) is 20.5 Å². The van der Waals surface area contributed by atoms with Crippen LogP contribution in [0.1, 0.15) is 45.4 Å². The summed E-state index contributed by atoms with van der Waals surface area (Å²) in [5.74, 6) is 0.563. The van der Waals surface area contributed by atoms with Crippen LogP contribution < -0.4 is 10.6 Å². The number of nitrogens with zero attached hydrogens (tertiary/aromatic N) is 1. The fourth-order valence-corrected chi connectivity index (χ4v) is 6.09. The van der Waals surface area contributed by atoms with Crippen molar-refractivity contribution in [2.75, 3.05) is 12.0 Å². The molecule has 2 aliphatic rings. The third-order valence-electron chi connectivity index (χ3n) is 7.42. The predicted molar refractivity (Wildman–Crippen MR) is 146 cm³/mol. The largest absolute Gasteiger partial charge is 0.467 e. The van der Waals surface area contributed by atoms with Crippen LogP contribution in [-0.4, -0.2) is 51.7 Å². The molecule has 0 radical (unpaired) electrons. The van der Waals surface area contributed by atoms with Gasteiger partial charge >= 0.3 is 0 Å². The number of aromatic amines is 1. The van der Waals surface area contributed by atoms with E-state index in [0.717, 1.165) is 27.7 Å². The molecule has 194 valence electrons. The number of thioether (sulfide) groups is 1. The minimum Gasteiger partial charge on any atom is -0.467 e. The van der Waals surface area contributed by atoms with Gasteiger partial charge in [0.05, 0.1) is 18.8 Å². The molecule has 0 saturated heterocycles. The van der Waals surface area contributed by atoms with E-state index in [1.165, 1.54) is 0 Å². The molecule has 0 aliphatic carbocycles. The fraction of sp³-hybridized carbons (Fsp3) is 0.276. The summed E-state index contributed by atoms with van der Waals surface area (Å²) in [6, 6.07) is 17.2. The maximum Gasteiger partial charge on any atom is 0.255 e. The Kier molecular flexibility index (Phi) is 6.45. The topological polar surface area (TPSA) is 107 Å². The van der Waals surface area contributed by atoms with E-state index in [1.54, 1.807) is 35.1 Å². The van der Waals surface area contributed by atoms with Crippen LogP contribution in [0.15, 0.2) is 71.3 Å². The number of H-pyrrole nitrogens is 1. The predicted octanol–water partition coefficient (Wildman–Crippen LogP) is 3.79. The zero-order chi connectivity index (χ0) is 26.2. The van der Waals surface area contributed by atoms with E-state index in [0.29, 0.717) is 29.9 Å². The van der Waals surface area contributed by atoms with Gasteiger partial charge in [-0.1, -0.05) is 36.4 Å². The van der Waals surface area contributed by atoms with Gasteiger partial charge in [0.25, 0.3) is 5.91 Å². The summed E-state index contributed by atoms with van der Waals surface area (Å²) in [6.45, 7) is 0.238. The molecule has 2 aromatic carbocycles. The smallest absolute Gasteiger partial charge is 0.255 e. The zero-order valence-electron chi connectivity index (χ0n) is 20.9. The number of rotatable bonds is 8. The first kappa shape index (κ1) is 24.4. The summed E-state index contributed by atoms with van der Waals surface area (Å²) in [7, 11) is 0. The molecular weight excluding hydrogens is 500 g/mol. The van der Waals surface area contributed by atoms with Crippen LogP contribution in [0.3, 0.4) is 0 Å². The number of furan rings is 1. The third-order valence-corrected chi connectivity index (χ3v) is 8.06. The highest BCUT2D eigenvalue weighted by Crippen LogP contribution is 2.46. The highest BCUT2D eigenvalue weighted by Gasteiger charge is 2.49. The van der Waals surface area contributed by atoms with E-state index in [-0.39, 0.29) is 30.3 Å². The van der Waals surface area contributed by atoms with E-state index >= 15 is 0 Å². The van der Waals surface area contributed by atoms with Crippen molar-refractivity contribution in [1.29, 1.82) is 0 Å². The number of hydrogen-bond donors (Lipinski definition) is 3. The maximum absolute atomic E-state index is 13.9. The molecule has 3 unspecified atom stereocenters. The van der Waals surface area contributed by atoms with E-state index in [9.17, 15) is 14.4 Å². The van der Waals surface area contributed by atoms with Gasteiger partial charge in [-0.2, -0.15) is 11.8 Å². The third kappa shape index (κ3) is 4.16. The standard InChI is InChI=1S/C29H28N4O4S/c1-38-14-12-23(27(34)30-16-17-7-6-13-37-17)32-28(35)24-15-21-18-8-4-5-11-22(18)31-25(21)26-19-9-2-3-10-20(19)29(36)33(24)26/h2-11,13,23-24,26,31H,12,14-16H2,1H3,(H,30,34)(H,32,35).